The fourth-order valence-corrected chi connectivity index (χ4v) is 3.40. The summed E-state index contributed by atoms with van der Waals surface area (Å²) in [5.74, 6) is 2.01. The summed E-state index contributed by atoms with van der Waals surface area (Å²) in [5.41, 5.74) is 2.53. The number of nitrogens with zero attached hydrogens (tertiary/aromatic N) is 4. The smallest absolute Gasteiger partial charge is 0.321 e. The molecule has 1 saturated heterocycles. The number of anilines is 2. The minimum absolute atomic E-state index is 0.276. The molecule has 0 unspecified atom stereocenters. The van der Waals surface area contributed by atoms with Crippen molar-refractivity contribution < 1.29 is 4.52 Å². The highest BCUT2D eigenvalue weighted by Gasteiger charge is 2.26. The van der Waals surface area contributed by atoms with Crippen molar-refractivity contribution in [1.82, 2.24) is 15.0 Å². The van der Waals surface area contributed by atoms with E-state index >= 15 is 0 Å². The molecule has 1 N–H and O–H groups in total. The number of rotatable bonds is 7. The van der Waals surface area contributed by atoms with Crippen molar-refractivity contribution in [2.24, 2.45) is 5.92 Å². The third kappa shape index (κ3) is 4.36. The highest BCUT2D eigenvalue weighted by molar-refractivity contribution is 5.48. The molecule has 1 saturated carbocycles. The molecule has 1 aliphatic heterocycles. The Morgan fingerprint density at radius 2 is 1.85 bits per heavy atom. The van der Waals surface area contributed by atoms with Crippen molar-refractivity contribution >= 4 is 11.7 Å². The van der Waals surface area contributed by atoms with Crippen LogP contribution in [-0.2, 0) is 6.54 Å². The standard InChI is InChI=1S/C20H29N5O/c1-15(2)19-22-20(26-23-19)21-13-16-5-7-18(8-6-16)25-11-9-24(10-12-25)14-17-3-4-17/h5-8,15,17H,3-4,9-14H2,1-2H3,(H,21,22,23). The fourth-order valence-electron chi connectivity index (χ4n) is 3.40. The predicted molar refractivity (Wildman–Crippen MR) is 104 cm³/mol. The van der Waals surface area contributed by atoms with Crippen LogP contribution in [0.1, 0.15) is 44.0 Å². The zero-order valence-electron chi connectivity index (χ0n) is 15.8. The first-order valence-corrected chi connectivity index (χ1v) is 9.81. The van der Waals surface area contributed by atoms with Gasteiger partial charge in [0.2, 0.25) is 0 Å². The van der Waals surface area contributed by atoms with Gasteiger partial charge in [0.25, 0.3) is 0 Å². The Kier molecular flexibility index (Phi) is 5.11. The molecule has 1 aromatic carbocycles. The normalized spacial score (nSPS) is 18.5. The SMILES string of the molecule is CC(C)c1noc(NCc2ccc(N3CCN(CC4CC4)CC3)cc2)n1. The Morgan fingerprint density at radius 3 is 2.46 bits per heavy atom. The summed E-state index contributed by atoms with van der Waals surface area (Å²) in [6, 6.07) is 9.30. The fraction of sp³-hybridized carbons (Fsp3) is 0.600. The van der Waals surface area contributed by atoms with E-state index in [2.05, 4.69) is 63.4 Å². The van der Waals surface area contributed by atoms with Gasteiger partial charge < -0.3 is 14.7 Å². The van der Waals surface area contributed by atoms with Gasteiger partial charge in [0.1, 0.15) is 0 Å². The minimum atomic E-state index is 0.276. The van der Waals surface area contributed by atoms with Crippen molar-refractivity contribution in [3.63, 3.8) is 0 Å². The van der Waals surface area contributed by atoms with E-state index in [1.165, 1.54) is 43.7 Å². The second-order valence-electron chi connectivity index (χ2n) is 7.86. The van der Waals surface area contributed by atoms with Crippen molar-refractivity contribution in [3.8, 4) is 0 Å². The second-order valence-corrected chi connectivity index (χ2v) is 7.86. The summed E-state index contributed by atoms with van der Waals surface area (Å²) in [6.45, 7) is 10.7. The topological polar surface area (TPSA) is 57.4 Å². The largest absolute Gasteiger partial charge is 0.369 e. The van der Waals surface area contributed by atoms with Crippen molar-refractivity contribution in [2.75, 3.05) is 42.9 Å². The maximum Gasteiger partial charge on any atom is 0.321 e. The van der Waals surface area contributed by atoms with E-state index in [-0.39, 0.29) is 5.92 Å². The molecule has 2 aliphatic rings. The maximum absolute atomic E-state index is 5.22. The lowest BCUT2D eigenvalue weighted by Gasteiger charge is -2.36. The number of hydrogen-bond donors (Lipinski definition) is 1. The molecule has 0 amide bonds. The number of piperazine rings is 1. The van der Waals surface area contributed by atoms with Crippen molar-refractivity contribution in [3.05, 3.63) is 35.7 Å². The third-order valence-electron chi connectivity index (χ3n) is 5.29. The zero-order valence-corrected chi connectivity index (χ0v) is 15.8. The molecule has 0 atom stereocenters. The van der Waals surface area contributed by atoms with E-state index in [4.69, 9.17) is 4.52 Å². The molecule has 1 aliphatic carbocycles. The molecular weight excluding hydrogens is 326 g/mol. The molecule has 26 heavy (non-hydrogen) atoms. The van der Waals surface area contributed by atoms with Gasteiger partial charge in [-0.3, -0.25) is 4.90 Å². The molecule has 140 valence electrons. The Labute approximate surface area is 155 Å². The lowest BCUT2D eigenvalue weighted by molar-refractivity contribution is 0.248. The molecule has 6 nitrogen and oxygen atoms in total. The van der Waals surface area contributed by atoms with Crippen LogP contribution in [0.25, 0.3) is 0 Å². The van der Waals surface area contributed by atoms with Crippen molar-refractivity contribution in [1.29, 1.82) is 0 Å². The minimum Gasteiger partial charge on any atom is -0.369 e. The van der Waals surface area contributed by atoms with Crippen LogP contribution in [0.15, 0.2) is 28.8 Å². The molecule has 0 spiro atoms. The summed E-state index contributed by atoms with van der Waals surface area (Å²) < 4.78 is 5.22. The lowest BCUT2D eigenvalue weighted by atomic mass is 10.1. The van der Waals surface area contributed by atoms with Crippen LogP contribution in [0.3, 0.4) is 0 Å². The van der Waals surface area contributed by atoms with Crippen LogP contribution in [0.4, 0.5) is 11.7 Å². The van der Waals surface area contributed by atoms with Gasteiger partial charge in [-0.25, -0.2) is 0 Å². The van der Waals surface area contributed by atoms with Gasteiger partial charge >= 0.3 is 6.01 Å². The van der Waals surface area contributed by atoms with Crippen LogP contribution in [0.2, 0.25) is 0 Å². The molecule has 2 heterocycles. The third-order valence-corrected chi connectivity index (χ3v) is 5.29. The molecule has 4 rings (SSSR count). The Morgan fingerprint density at radius 1 is 1.12 bits per heavy atom. The Balaban J connectivity index is 1.26. The molecular formula is C20H29N5O. The van der Waals surface area contributed by atoms with Gasteiger partial charge in [0.05, 0.1) is 0 Å². The molecule has 2 aromatic rings. The van der Waals surface area contributed by atoms with Gasteiger partial charge in [-0.15, -0.1) is 0 Å². The van der Waals surface area contributed by atoms with E-state index in [1.54, 1.807) is 0 Å². The van der Waals surface area contributed by atoms with E-state index in [9.17, 15) is 0 Å². The van der Waals surface area contributed by atoms with Crippen LogP contribution < -0.4 is 10.2 Å². The molecule has 2 fully saturated rings. The predicted octanol–water partition coefficient (Wildman–Crippen LogP) is 3.34. The highest BCUT2D eigenvalue weighted by Crippen LogP contribution is 2.30. The van der Waals surface area contributed by atoms with E-state index in [1.807, 2.05) is 0 Å². The second kappa shape index (κ2) is 7.66. The number of hydrogen-bond acceptors (Lipinski definition) is 6. The summed E-state index contributed by atoms with van der Waals surface area (Å²) in [6.07, 6.45) is 2.89. The number of benzene rings is 1. The molecule has 0 radical (unpaired) electrons. The highest BCUT2D eigenvalue weighted by atomic mass is 16.5. The number of aromatic nitrogens is 2. The van der Waals surface area contributed by atoms with E-state index in [0.717, 1.165) is 24.8 Å². The molecule has 1 aromatic heterocycles. The summed E-state index contributed by atoms with van der Waals surface area (Å²) in [4.78, 5) is 9.47. The Bertz CT molecular complexity index is 699. The lowest BCUT2D eigenvalue weighted by Crippen LogP contribution is -2.47. The Hall–Kier alpha value is -2.08. The number of nitrogens with one attached hydrogen (secondary N) is 1. The quantitative estimate of drug-likeness (QED) is 0.822. The zero-order chi connectivity index (χ0) is 17.9. The molecule has 0 bridgehead atoms. The van der Waals surface area contributed by atoms with Gasteiger partial charge in [0, 0.05) is 50.9 Å². The van der Waals surface area contributed by atoms with Crippen LogP contribution in [0.5, 0.6) is 0 Å². The van der Waals surface area contributed by atoms with Gasteiger partial charge in [-0.1, -0.05) is 31.1 Å². The van der Waals surface area contributed by atoms with Crippen LogP contribution in [-0.4, -0.2) is 47.8 Å². The first-order valence-electron chi connectivity index (χ1n) is 9.81. The van der Waals surface area contributed by atoms with E-state index < -0.39 is 0 Å². The van der Waals surface area contributed by atoms with Crippen molar-refractivity contribution in [2.45, 2.75) is 39.2 Å². The monoisotopic (exact) mass is 355 g/mol. The summed E-state index contributed by atoms with van der Waals surface area (Å²) in [5, 5.41) is 7.18. The van der Waals surface area contributed by atoms with Gasteiger partial charge in [-0.2, -0.15) is 4.98 Å². The van der Waals surface area contributed by atoms with E-state index in [0.29, 0.717) is 12.6 Å². The van der Waals surface area contributed by atoms with Crippen LogP contribution in [0, 0.1) is 5.92 Å². The first kappa shape index (κ1) is 17.3. The molecule has 6 heteroatoms. The van der Waals surface area contributed by atoms with Gasteiger partial charge in [0.15, 0.2) is 5.82 Å². The maximum atomic E-state index is 5.22. The summed E-state index contributed by atoms with van der Waals surface area (Å²) in [7, 11) is 0. The summed E-state index contributed by atoms with van der Waals surface area (Å²) >= 11 is 0. The average molecular weight is 355 g/mol. The first-order chi connectivity index (χ1) is 12.7. The average Bonchev–Trinajstić information content (AvgIpc) is 3.34. The van der Waals surface area contributed by atoms with Crippen LogP contribution >= 0.6 is 0 Å². The van der Waals surface area contributed by atoms with Gasteiger partial charge in [-0.05, 0) is 36.5 Å².